The van der Waals surface area contributed by atoms with Gasteiger partial charge in [0.1, 0.15) is 5.82 Å². The van der Waals surface area contributed by atoms with E-state index in [4.69, 9.17) is 0 Å². The number of amides is 1. The minimum atomic E-state index is -0.357. The van der Waals surface area contributed by atoms with Gasteiger partial charge in [0.15, 0.2) is 0 Å². The standard InChI is InChI=1S/C15H21FN2OS/c1-17(2)10-14-11-20-8-4-7-18(14)15(19)12-5-3-6-13(16)9-12/h3,5-6,9,14H,4,7-8,10-11H2,1-2H3. The fourth-order valence-corrected chi connectivity index (χ4v) is 3.51. The summed E-state index contributed by atoms with van der Waals surface area (Å²) in [4.78, 5) is 16.6. The second kappa shape index (κ2) is 7.09. The molecule has 1 aliphatic heterocycles. The van der Waals surface area contributed by atoms with Crippen LogP contribution in [0.15, 0.2) is 24.3 Å². The lowest BCUT2D eigenvalue weighted by atomic mass is 10.1. The molecule has 1 saturated heterocycles. The lowest BCUT2D eigenvalue weighted by Gasteiger charge is -2.31. The summed E-state index contributed by atoms with van der Waals surface area (Å²) in [5.41, 5.74) is 0.445. The van der Waals surface area contributed by atoms with Gasteiger partial charge < -0.3 is 9.80 Å². The minimum Gasteiger partial charge on any atom is -0.334 e. The van der Waals surface area contributed by atoms with Crippen molar-refractivity contribution in [2.24, 2.45) is 0 Å². The lowest BCUT2D eigenvalue weighted by Crippen LogP contribution is -2.46. The summed E-state index contributed by atoms with van der Waals surface area (Å²) in [5.74, 6) is 1.61. The SMILES string of the molecule is CN(C)CC1CSCCCN1C(=O)c1cccc(F)c1. The van der Waals surface area contributed by atoms with Crippen LogP contribution >= 0.6 is 11.8 Å². The Hall–Kier alpha value is -1.07. The van der Waals surface area contributed by atoms with E-state index in [9.17, 15) is 9.18 Å². The number of rotatable bonds is 3. The average Bonchev–Trinajstić information content (AvgIpc) is 2.63. The van der Waals surface area contributed by atoms with Gasteiger partial charge >= 0.3 is 0 Å². The highest BCUT2D eigenvalue weighted by Gasteiger charge is 2.27. The zero-order valence-corrected chi connectivity index (χ0v) is 12.8. The Morgan fingerprint density at radius 1 is 1.50 bits per heavy atom. The zero-order chi connectivity index (χ0) is 14.5. The molecule has 0 saturated carbocycles. The number of thioether (sulfide) groups is 1. The number of hydrogen-bond donors (Lipinski definition) is 0. The molecular weight excluding hydrogens is 275 g/mol. The van der Waals surface area contributed by atoms with Crippen LogP contribution in [0.25, 0.3) is 0 Å². The second-order valence-corrected chi connectivity index (χ2v) is 6.50. The highest BCUT2D eigenvalue weighted by molar-refractivity contribution is 7.99. The molecule has 1 atom stereocenters. The van der Waals surface area contributed by atoms with Crippen molar-refractivity contribution in [3.63, 3.8) is 0 Å². The molecule has 1 amide bonds. The fraction of sp³-hybridized carbons (Fsp3) is 0.533. The smallest absolute Gasteiger partial charge is 0.254 e. The number of carbonyl (C=O) groups is 1. The molecule has 1 heterocycles. The molecule has 0 bridgehead atoms. The molecule has 5 heteroatoms. The Kier molecular flexibility index (Phi) is 5.43. The summed E-state index contributed by atoms with van der Waals surface area (Å²) in [5, 5.41) is 0. The Balaban J connectivity index is 2.19. The molecule has 1 fully saturated rings. The van der Waals surface area contributed by atoms with Crippen LogP contribution in [-0.4, -0.2) is 60.4 Å². The van der Waals surface area contributed by atoms with Crippen LogP contribution in [0.4, 0.5) is 4.39 Å². The highest BCUT2D eigenvalue weighted by Crippen LogP contribution is 2.19. The minimum absolute atomic E-state index is 0.0566. The van der Waals surface area contributed by atoms with Crippen molar-refractivity contribution in [2.45, 2.75) is 12.5 Å². The molecule has 110 valence electrons. The third kappa shape index (κ3) is 3.96. The first kappa shape index (κ1) is 15.3. The van der Waals surface area contributed by atoms with Gasteiger partial charge in [-0.25, -0.2) is 4.39 Å². The fourth-order valence-electron chi connectivity index (χ4n) is 2.46. The quantitative estimate of drug-likeness (QED) is 0.855. The topological polar surface area (TPSA) is 23.6 Å². The molecule has 1 aliphatic rings. The summed E-state index contributed by atoms with van der Waals surface area (Å²) < 4.78 is 13.3. The number of nitrogens with zero attached hydrogens (tertiary/aromatic N) is 2. The van der Waals surface area contributed by atoms with Crippen molar-refractivity contribution in [3.8, 4) is 0 Å². The molecule has 1 aromatic carbocycles. The molecule has 0 N–H and O–H groups in total. The molecule has 0 aromatic heterocycles. The summed E-state index contributed by atoms with van der Waals surface area (Å²) >= 11 is 1.89. The van der Waals surface area contributed by atoms with Crippen LogP contribution in [0.3, 0.4) is 0 Å². The van der Waals surface area contributed by atoms with Gasteiger partial charge in [0, 0.05) is 24.4 Å². The number of benzene rings is 1. The summed E-state index contributed by atoms with van der Waals surface area (Å²) in [6.45, 7) is 1.59. The summed E-state index contributed by atoms with van der Waals surface area (Å²) in [6, 6.07) is 6.17. The Morgan fingerprint density at radius 3 is 3.00 bits per heavy atom. The van der Waals surface area contributed by atoms with Gasteiger partial charge in [-0.1, -0.05) is 6.07 Å². The number of likely N-dealkylation sites (N-methyl/N-ethyl adjacent to an activating group) is 1. The van der Waals surface area contributed by atoms with Crippen LogP contribution in [-0.2, 0) is 0 Å². The summed E-state index contributed by atoms with van der Waals surface area (Å²) in [6.07, 6.45) is 0.996. The van der Waals surface area contributed by atoms with Gasteiger partial charge in [0.2, 0.25) is 0 Å². The largest absolute Gasteiger partial charge is 0.334 e. The molecular formula is C15H21FN2OS. The van der Waals surface area contributed by atoms with Crippen molar-refractivity contribution in [3.05, 3.63) is 35.6 Å². The lowest BCUT2D eigenvalue weighted by molar-refractivity contribution is 0.0675. The van der Waals surface area contributed by atoms with E-state index < -0.39 is 0 Å². The number of halogens is 1. The Bertz CT molecular complexity index is 467. The van der Waals surface area contributed by atoms with E-state index >= 15 is 0 Å². The molecule has 0 spiro atoms. The molecule has 3 nitrogen and oxygen atoms in total. The molecule has 0 radical (unpaired) electrons. The van der Waals surface area contributed by atoms with Crippen molar-refractivity contribution in [1.82, 2.24) is 9.80 Å². The number of carbonyl (C=O) groups excluding carboxylic acids is 1. The monoisotopic (exact) mass is 296 g/mol. The first-order valence-electron chi connectivity index (χ1n) is 6.87. The van der Waals surface area contributed by atoms with Gasteiger partial charge in [0.05, 0.1) is 6.04 Å². The van der Waals surface area contributed by atoms with Gasteiger partial charge in [-0.3, -0.25) is 4.79 Å². The molecule has 0 aliphatic carbocycles. The molecule has 1 unspecified atom stereocenters. The van der Waals surface area contributed by atoms with Crippen LogP contribution in [0, 0.1) is 5.82 Å². The van der Waals surface area contributed by atoms with E-state index in [1.54, 1.807) is 12.1 Å². The van der Waals surface area contributed by atoms with E-state index in [-0.39, 0.29) is 17.8 Å². The average molecular weight is 296 g/mol. The van der Waals surface area contributed by atoms with Crippen molar-refractivity contribution in [2.75, 3.05) is 38.7 Å². The first-order valence-corrected chi connectivity index (χ1v) is 8.02. The van der Waals surface area contributed by atoms with E-state index in [1.807, 2.05) is 30.8 Å². The maximum atomic E-state index is 13.3. The highest BCUT2D eigenvalue weighted by atomic mass is 32.2. The Morgan fingerprint density at radius 2 is 2.30 bits per heavy atom. The second-order valence-electron chi connectivity index (χ2n) is 5.35. The van der Waals surface area contributed by atoms with Crippen LogP contribution in [0.5, 0.6) is 0 Å². The normalized spacial score (nSPS) is 20.0. The third-order valence-corrected chi connectivity index (χ3v) is 4.54. The maximum Gasteiger partial charge on any atom is 0.254 e. The van der Waals surface area contributed by atoms with Crippen LogP contribution < -0.4 is 0 Å². The van der Waals surface area contributed by atoms with Gasteiger partial charge in [-0.05, 0) is 44.5 Å². The molecule has 1 aromatic rings. The van der Waals surface area contributed by atoms with E-state index in [2.05, 4.69) is 4.90 Å². The van der Waals surface area contributed by atoms with E-state index in [0.29, 0.717) is 5.56 Å². The predicted octanol–water partition coefficient (Wildman–Crippen LogP) is 2.33. The van der Waals surface area contributed by atoms with Gasteiger partial charge in [-0.15, -0.1) is 0 Å². The van der Waals surface area contributed by atoms with Crippen molar-refractivity contribution < 1.29 is 9.18 Å². The van der Waals surface area contributed by atoms with Gasteiger partial charge in [0.25, 0.3) is 5.91 Å². The Labute approximate surface area is 124 Å². The molecule has 2 rings (SSSR count). The summed E-state index contributed by atoms with van der Waals surface area (Å²) in [7, 11) is 4.03. The van der Waals surface area contributed by atoms with E-state index in [1.165, 1.54) is 12.1 Å². The molecule has 20 heavy (non-hydrogen) atoms. The van der Waals surface area contributed by atoms with E-state index in [0.717, 1.165) is 31.0 Å². The van der Waals surface area contributed by atoms with Crippen LogP contribution in [0.2, 0.25) is 0 Å². The zero-order valence-electron chi connectivity index (χ0n) is 12.0. The number of hydrogen-bond acceptors (Lipinski definition) is 3. The maximum absolute atomic E-state index is 13.3. The first-order chi connectivity index (χ1) is 9.58. The van der Waals surface area contributed by atoms with Crippen molar-refractivity contribution in [1.29, 1.82) is 0 Å². The third-order valence-electron chi connectivity index (χ3n) is 3.35. The predicted molar refractivity (Wildman–Crippen MR) is 81.7 cm³/mol. The van der Waals surface area contributed by atoms with Crippen LogP contribution in [0.1, 0.15) is 16.8 Å². The van der Waals surface area contributed by atoms with Gasteiger partial charge in [-0.2, -0.15) is 11.8 Å². The van der Waals surface area contributed by atoms with Crippen molar-refractivity contribution >= 4 is 17.7 Å².